The van der Waals surface area contributed by atoms with Crippen LogP contribution >= 0.6 is 0 Å². The number of nitrogens with zero attached hydrogens (tertiary/aromatic N) is 1. The quantitative estimate of drug-likeness (QED) is 0.467. The molecule has 0 unspecified atom stereocenters. The lowest BCUT2D eigenvalue weighted by Crippen LogP contribution is -1.86. The minimum atomic E-state index is 0.720. The van der Waals surface area contributed by atoms with Gasteiger partial charge in [-0.25, -0.2) is 0 Å². The normalized spacial score (nSPS) is 11.4. The molecule has 2 nitrogen and oxygen atoms in total. The van der Waals surface area contributed by atoms with Gasteiger partial charge in [0.2, 0.25) is 0 Å². The van der Waals surface area contributed by atoms with Crippen molar-refractivity contribution < 1.29 is 4.79 Å². The maximum atomic E-state index is 11.0. The van der Waals surface area contributed by atoms with Crippen LogP contribution in [-0.2, 0) is 7.05 Å². The van der Waals surface area contributed by atoms with Crippen LogP contribution in [0.1, 0.15) is 10.4 Å². The van der Waals surface area contributed by atoms with Gasteiger partial charge < -0.3 is 4.57 Å². The number of hydrogen-bond acceptors (Lipinski definition) is 1. The van der Waals surface area contributed by atoms with Crippen molar-refractivity contribution in [1.29, 1.82) is 0 Å². The molecule has 96 valence electrons. The molecule has 20 heavy (non-hydrogen) atoms. The first-order chi connectivity index (χ1) is 9.79. The standard InChI is InChI=1S/C18H13NO/c1-19-16-8-6-12(11-20)10-15(16)18-14-5-3-2-4-13(14)7-9-17(18)19/h2-11H,1H3. The van der Waals surface area contributed by atoms with Crippen molar-refractivity contribution in [3.8, 4) is 0 Å². The summed E-state index contributed by atoms with van der Waals surface area (Å²) < 4.78 is 2.19. The summed E-state index contributed by atoms with van der Waals surface area (Å²) in [5, 5.41) is 4.83. The second kappa shape index (κ2) is 3.94. The third-order valence-electron chi connectivity index (χ3n) is 4.06. The van der Waals surface area contributed by atoms with E-state index in [0.29, 0.717) is 0 Å². The number of fused-ring (bicyclic) bond motifs is 5. The predicted molar refractivity (Wildman–Crippen MR) is 83.3 cm³/mol. The van der Waals surface area contributed by atoms with E-state index in [4.69, 9.17) is 0 Å². The van der Waals surface area contributed by atoms with E-state index in [1.165, 1.54) is 21.7 Å². The van der Waals surface area contributed by atoms with E-state index in [2.05, 4.69) is 48.0 Å². The number of carbonyl (C=O) groups excluding carboxylic acids is 1. The first kappa shape index (κ1) is 11.2. The first-order valence-corrected chi connectivity index (χ1v) is 6.64. The van der Waals surface area contributed by atoms with Crippen molar-refractivity contribution in [3.05, 3.63) is 60.2 Å². The first-order valence-electron chi connectivity index (χ1n) is 6.64. The minimum Gasteiger partial charge on any atom is -0.344 e. The largest absolute Gasteiger partial charge is 0.344 e. The predicted octanol–water partition coefficient (Wildman–Crippen LogP) is 4.30. The Morgan fingerprint density at radius 1 is 0.900 bits per heavy atom. The number of aldehydes is 1. The molecule has 0 aliphatic heterocycles. The fraction of sp³-hybridized carbons (Fsp3) is 0.0556. The van der Waals surface area contributed by atoms with Crippen LogP contribution in [0.25, 0.3) is 32.6 Å². The Morgan fingerprint density at radius 2 is 1.70 bits per heavy atom. The lowest BCUT2D eigenvalue weighted by atomic mass is 10.0. The average molecular weight is 259 g/mol. The molecule has 1 heterocycles. The molecule has 0 spiro atoms. The Bertz CT molecular complexity index is 979. The Labute approximate surface area is 116 Å². The third kappa shape index (κ3) is 1.36. The molecule has 0 N–H and O–H groups in total. The van der Waals surface area contributed by atoms with E-state index in [9.17, 15) is 4.79 Å². The summed E-state index contributed by atoms with van der Waals surface area (Å²) in [6, 6.07) is 18.6. The minimum absolute atomic E-state index is 0.720. The molecule has 1 aromatic heterocycles. The Morgan fingerprint density at radius 3 is 2.55 bits per heavy atom. The van der Waals surface area contributed by atoms with Crippen LogP contribution in [0.4, 0.5) is 0 Å². The van der Waals surface area contributed by atoms with E-state index in [-0.39, 0.29) is 0 Å². The average Bonchev–Trinajstić information content (AvgIpc) is 2.80. The summed E-state index contributed by atoms with van der Waals surface area (Å²) in [7, 11) is 2.07. The van der Waals surface area contributed by atoms with Gasteiger partial charge in [0.1, 0.15) is 6.29 Å². The lowest BCUT2D eigenvalue weighted by molar-refractivity contribution is 0.112. The van der Waals surface area contributed by atoms with E-state index in [1.807, 2.05) is 18.2 Å². The molecule has 4 rings (SSSR count). The Kier molecular flexibility index (Phi) is 2.21. The van der Waals surface area contributed by atoms with Gasteiger partial charge >= 0.3 is 0 Å². The van der Waals surface area contributed by atoms with Crippen molar-refractivity contribution >= 4 is 38.9 Å². The van der Waals surface area contributed by atoms with Gasteiger partial charge in [0, 0.05) is 34.4 Å². The van der Waals surface area contributed by atoms with Crippen LogP contribution in [0.15, 0.2) is 54.6 Å². The Balaban J connectivity index is 2.34. The topological polar surface area (TPSA) is 22.0 Å². The number of benzene rings is 3. The highest BCUT2D eigenvalue weighted by Gasteiger charge is 2.11. The zero-order chi connectivity index (χ0) is 13.7. The third-order valence-corrected chi connectivity index (χ3v) is 4.06. The summed E-state index contributed by atoms with van der Waals surface area (Å²) >= 11 is 0. The number of aryl methyl sites for hydroxylation is 1. The summed E-state index contributed by atoms with van der Waals surface area (Å²) in [4.78, 5) is 11.0. The van der Waals surface area contributed by atoms with Crippen molar-refractivity contribution in [2.24, 2.45) is 7.05 Å². The summed E-state index contributed by atoms with van der Waals surface area (Å²) in [5.41, 5.74) is 3.07. The van der Waals surface area contributed by atoms with Gasteiger partial charge in [0.25, 0.3) is 0 Å². The number of rotatable bonds is 1. The molecular formula is C18H13NO. The molecule has 0 atom stereocenters. The van der Waals surface area contributed by atoms with E-state index in [0.717, 1.165) is 22.8 Å². The smallest absolute Gasteiger partial charge is 0.150 e. The maximum absolute atomic E-state index is 11.0. The SMILES string of the molecule is Cn1c2ccc(C=O)cc2c2c3ccccc3ccc21. The monoisotopic (exact) mass is 259 g/mol. The zero-order valence-corrected chi connectivity index (χ0v) is 11.1. The molecule has 0 amide bonds. The van der Waals surface area contributed by atoms with Gasteiger partial charge in [-0.05, 0) is 35.0 Å². The second-order valence-electron chi connectivity index (χ2n) is 5.13. The molecule has 0 bridgehead atoms. The molecule has 0 fully saturated rings. The van der Waals surface area contributed by atoms with Crippen molar-refractivity contribution in [2.45, 2.75) is 0 Å². The van der Waals surface area contributed by atoms with Crippen LogP contribution in [0, 0.1) is 0 Å². The van der Waals surface area contributed by atoms with Crippen LogP contribution in [0.5, 0.6) is 0 Å². The van der Waals surface area contributed by atoms with Gasteiger partial charge in [0.15, 0.2) is 0 Å². The molecule has 3 aromatic carbocycles. The van der Waals surface area contributed by atoms with Gasteiger partial charge in [-0.2, -0.15) is 0 Å². The highest BCUT2D eigenvalue weighted by molar-refractivity contribution is 6.21. The lowest BCUT2D eigenvalue weighted by Gasteiger charge is -2.01. The number of aromatic nitrogens is 1. The van der Waals surface area contributed by atoms with Crippen LogP contribution < -0.4 is 0 Å². The summed E-state index contributed by atoms with van der Waals surface area (Å²) in [6.07, 6.45) is 0.906. The van der Waals surface area contributed by atoms with Gasteiger partial charge in [-0.15, -0.1) is 0 Å². The van der Waals surface area contributed by atoms with E-state index in [1.54, 1.807) is 0 Å². The molecule has 2 heteroatoms. The van der Waals surface area contributed by atoms with E-state index >= 15 is 0 Å². The van der Waals surface area contributed by atoms with Crippen molar-refractivity contribution in [3.63, 3.8) is 0 Å². The molecule has 0 radical (unpaired) electrons. The molecular weight excluding hydrogens is 246 g/mol. The number of hydrogen-bond donors (Lipinski definition) is 0. The van der Waals surface area contributed by atoms with Crippen LogP contribution in [0.2, 0.25) is 0 Å². The highest BCUT2D eigenvalue weighted by atomic mass is 16.1. The maximum Gasteiger partial charge on any atom is 0.150 e. The fourth-order valence-electron chi connectivity index (χ4n) is 3.07. The zero-order valence-electron chi connectivity index (χ0n) is 11.1. The molecule has 0 aliphatic rings. The van der Waals surface area contributed by atoms with Crippen LogP contribution in [0.3, 0.4) is 0 Å². The number of carbonyl (C=O) groups is 1. The van der Waals surface area contributed by atoms with Gasteiger partial charge in [-0.3, -0.25) is 4.79 Å². The van der Waals surface area contributed by atoms with Crippen molar-refractivity contribution in [2.75, 3.05) is 0 Å². The fourth-order valence-corrected chi connectivity index (χ4v) is 3.07. The van der Waals surface area contributed by atoms with Gasteiger partial charge in [0.05, 0.1) is 0 Å². The van der Waals surface area contributed by atoms with Crippen molar-refractivity contribution in [1.82, 2.24) is 4.57 Å². The van der Waals surface area contributed by atoms with E-state index < -0.39 is 0 Å². The van der Waals surface area contributed by atoms with Crippen LogP contribution in [-0.4, -0.2) is 10.9 Å². The Hall–Kier alpha value is -2.61. The highest BCUT2D eigenvalue weighted by Crippen LogP contribution is 2.34. The summed E-state index contributed by atoms with van der Waals surface area (Å²) in [5.74, 6) is 0. The molecule has 0 saturated carbocycles. The molecule has 0 saturated heterocycles. The second-order valence-corrected chi connectivity index (χ2v) is 5.13. The molecule has 4 aromatic rings. The molecule has 0 aliphatic carbocycles. The van der Waals surface area contributed by atoms with Gasteiger partial charge in [-0.1, -0.05) is 30.3 Å². The summed E-state index contributed by atoms with van der Waals surface area (Å²) in [6.45, 7) is 0.